The Morgan fingerprint density at radius 2 is 2.11 bits per heavy atom. The minimum atomic E-state index is 0.318. The summed E-state index contributed by atoms with van der Waals surface area (Å²) in [6.45, 7) is 4.38. The van der Waals surface area contributed by atoms with Crippen molar-refractivity contribution >= 4 is 11.6 Å². The second kappa shape index (κ2) is 6.27. The van der Waals surface area contributed by atoms with Gasteiger partial charge in [0.2, 0.25) is 0 Å². The normalized spacial score (nSPS) is 27.7. The zero-order chi connectivity index (χ0) is 14.0. The molecule has 4 heteroatoms. The summed E-state index contributed by atoms with van der Waals surface area (Å²) < 4.78 is 1.95. The van der Waals surface area contributed by atoms with Crippen molar-refractivity contribution in [3.8, 4) is 0 Å². The quantitative estimate of drug-likeness (QED) is 0.921. The molecule has 1 aliphatic carbocycles. The number of hydrogen-bond donors (Lipinski definition) is 1. The average Bonchev–Trinajstić information content (AvgIpc) is 2.68. The Labute approximate surface area is 121 Å². The number of aryl methyl sites for hydroxylation is 2. The molecule has 0 radical (unpaired) electrons. The van der Waals surface area contributed by atoms with Gasteiger partial charge in [-0.05, 0) is 43.9 Å². The first-order valence-corrected chi connectivity index (χ1v) is 7.90. The average molecular weight is 284 g/mol. The van der Waals surface area contributed by atoms with Crippen LogP contribution >= 0.6 is 11.6 Å². The number of nitrogens with two attached hydrogens (primary N) is 1. The zero-order valence-electron chi connectivity index (χ0n) is 12.3. The molecule has 0 amide bonds. The summed E-state index contributed by atoms with van der Waals surface area (Å²) in [4.78, 5) is 0. The SMILES string of the molecule is CCc1nn(C)c(CC2CC(CC)CCC2N)c1Cl. The van der Waals surface area contributed by atoms with Gasteiger partial charge >= 0.3 is 0 Å². The largest absolute Gasteiger partial charge is 0.327 e. The topological polar surface area (TPSA) is 43.8 Å². The number of halogens is 1. The van der Waals surface area contributed by atoms with E-state index in [0.29, 0.717) is 12.0 Å². The summed E-state index contributed by atoms with van der Waals surface area (Å²) in [7, 11) is 1.99. The summed E-state index contributed by atoms with van der Waals surface area (Å²) in [5, 5.41) is 5.36. The van der Waals surface area contributed by atoms with Gasteiger partial charge in [0.05, 0.1) is 16.4 Å². The standard InChI is InChI=1S/C15H26ClN3/c1-4-10-6-7-12(17)11(8-10)9-14-15(16)13(5-2)18-19(14)3/h10-12H,4-9,17H2,1-3H3. The molecule has 1 fully saturated rings. The van der Waals surface area contributed by atoms with E-state index in [0.717, 1.165) is 41.6 Å². The monoisotopic (exact) mass is 283 g/mol. The Morgan fingerprint density at radius 3 is 2.68 bits per heavy atom. The lowest BCUT2D eigenvalue weighted by Crippen LogP contribution is -2.37. The van der Waals surface area contributed by atoms with Crippen molar-refractivity contribution in [2.75, 3.05) is 0 Å². The molecule has 1 aliphatic rings. The Kier molecular flexibility index (Phi) is 4.91. The minimum Gasteiger partial charge on any atom is -0.327 e. The van der Waals surface area contributed by atoms with E-state index in [2.05, 4.69) is 18.9 Å². The van der Waals surface area contributed by atoms with Gasteiger partial charge in [-0.1, -0.05) is 31.9 Å². The molecular weight excluding hydrogens is 258 g/mol. The third kappa shape index (κ3) is 3.14. The van der Waals surface area contributed by atoms with Crippen LogP contribution in [0.4, 0.5) is 0 Å². The van der Waals surface area contributed by atoms with Crippen LogP contribution in [-0.2, 0) is 19.9 Å². The summed E-state index contributed by atoms with van der Waals surface area (Å²) in [6, 6.07) is 0.318. The highest BCUT2D eigenvalue weighted by atomic mass is 35.5. The second-order valence-electron chi connectivity index (χ2n) is 5.90. The Morgan fingerprint density at radius 1 is 1.37 bits per heavy atom. The van der Waals surface area contributed by atoms with Crippen LogP contribution in [0.1, 0.15) is 50.9 Å². The second-order valence-corrected chi connectivity index (χ2v) is 6.28. The Hall–Kier alpha value is -0.540. The van der Waals surface area contributed by atoms with Gasteiger partial charge < -0.3 is 5.73 Å². The first kappa shape index (κ1) is 14.9. The van der Waals surface area contributed by atoms with Crippen LogP contribution in [0.5, 0.6) is 0 Å². The van der Waals surface area contributed by atoms with Crippen molar-refractivity contribution in [2.24, 2.45) is 24.6 Å². The van der Waals surface area contributed by atoms with E-state index < -0.39 is 0 Å². The van der Waals surface area contributed by atoms with Crippen LogP contribution in [0.3, 0.4) is 0 Å². The number of rotatable bonds is 4. The van der Waals surface area contributed by atoms with Crippen LogP contribution in [0.25, 0.3) is 0 Å². The summed E-state index contributed by atoms with van der Waals surface area (Å²) in [5.41, 5.74) is 8.48. The lowest BCUT2D eigenvalue weighted by Gasteiger charge is -2.33. The zero-order valence-corrected chi connectivity index (χ0v) is 13.1. The molecule has 0 spiro atoms. The fourth-order valence-corrected chi connectivity index (χ4v) is 3.65. The fourth-order valence-electron chi connectivity index (χ4n) is 3.28. The lowest BCUT2D eigenvalue weighted by molar-refractivity contribution is 0.224. The number of aromatic nitrogens is 2. The van der Waals surface area contributed by atoms with E-state index in [1.165, 1.54) is 19.3 Å². The predicted molar refractivity (Wildman–Crippen MR) is 80.4 cm³/mol. The molecule has 3 nitrogen and oxygen atoms in total. The lowest BCUT2D eigenvalue weighted by atomic mass is 9.75. The number of hydrogen-bond acceptors (Lipinski definition) is 2. The van der Waals surface area contributed by atoms with Crippen LogP contribution in [0.15, 0.2) is 0 Å². The van der Waals surface area contributed by atoms with Crippen LogP contribution in [-0.4, -0.2) is 15.8 Å². The van der Waals surface area contributed by atoms with Crippen molar-refractivity contribution in [1.29, 1.82) is 0 Å². The van der Waals surface area contributed by atoms with Gasteiger partial charge in [-0.3, -0.25) is 4.68 Å². The van der Waals surface area contributed by atoms with Crippen LogP contribution < -0.4 is 5.73 Å². The molecular formula is C15H26ClN3. The van der Waals surface area contributed by atoms with E-state index in [9.17, 15) is 0 Å². The van der Waals surface area contributed by atoms with Crippen molar-refractivity contribution in [1.82, 2.24) is 9.78 Å². The maximum Gasteiger partial charge on any atom is 0.0849 e. The third-order valence-corrected chi connectivity index (χ3v) is 5.12. The predicted octanol–water partition coefficient (Wildman–Crippen LogP) is 3.33. The molecule has 3 unspecified atom stereocenters. The molecule has 19 heavy (non-hydrogen) atoms. The molecule has 0 aromatic carbocycles. The van der Waals surface area contributed by atoms with E-state index in [-0.39, 0.29) is 0 Å². The smallest absolute Gasteiger partial charge is 0.0849 e. The van der Waals surface area contributed by atoms with Crippen LogP contribution in [0.2, 0.25) is 5.02 Å². The summed E-state index contributed by atoms with van der Waals surface area (Å²) >= 11 is 6.44. The van der Waals surface area contributed by atoms with E-state index in [1.807, 2.05) is 11.7 Å². The first-order valence-electron chi connectivity index (χ1n) is 7.52. The molecule has 1 aromatic heterocycles. The minimum absolute atomic E-state index is 0.318. The summed E-state index contributed by atoms with van der Waals surface area (Å²) in [6.07, 6.45) is 6.80. The van der Waals surface area contributed by atoms with Crippen molar-refractivity contribution < 1.29 is 0 Å². The van der Waals surface area contributed by atoms with Crippen molar-refractivity contribution in [3.05, 3.63) is 16.4 Å². The Balaban J connectivity index is 2.13. The van der Waals surface area contributed by atoms with Gasteiger partial charge in [0.25, 0.3) is 0 Å². The van der Waals surface area contributed by atoms with Gasteiger partial charge in [0, 0.05) is 13.1 Å². The number of nitrogens with zero attached hydrogens (tertiary/aromatic N) is 2. The van der Waals surface area contributed by atoms with Gasteiger partial charge in [-0.15, -0.1) is 0 Å². The highest BCUT2D eigenvalue weighted by Crippen LogP contribution is 2.34. The maximum absolute atomic E-state index is 6.44. The third-order valence-electron chi connectivity index (χ3n) is 4.69. The molecule has 1 heterocycles. The van der Waals surface area contributed by atoms with Crippen molar-refractivity contribution in [2.45, 2.75) is 58.4 Å². The van der Waals surface area contributed by atoms with Gasteiger partial charge in [0.1, 0.15) is 0 Å². The van der Waals surface area contributed by atoms with Gasteiger partial charge in [-0.25, -0.2) is 0 Å². The highest BCUT2D eigenvalue weighted by Gasteiger charge is 2.29. The molecule has 108 valence electrons. The van der Waals surface area contributed by atoms with Gasteiger partial charge in [0.15, 0.2) is 0 Å². The molecule has 3 atom stereocenters. The summed E-state index contributed by atoms with van der Waals surface area (Å²) in [5.74, 6) is 1.39. The Bertz CT molecular complexity index is 427. The molecule has 0 aliphatic heterocycles. The molecule has 1 aromatic rings. The van der Waals surface area contributed by atoms with Gasteiger partial charge in [-0.2, -0.15) is 5.10 Å². The van der Waals surface area contributed by atoms with E-state index in [1.54, 1.807) is 0 Å². The fraction of sp³-hybridized carbons (Fsp3) is 0.800. The maximum atomic E-state index is 6.44. The molecule has 1 saturated carbocycles. The highest BCUT2D eigenvalue weighted by molar-refractivity contribution is 6.31. The van der Waals surface area contributed by atoms with Crippen LogP contribution in [0, 0.1) is 11.8 Å². The molecule has 2 N–H and O–H groups in total. The first-order chi connectivity index (χ1) is 9.06. The van der Waals surface area contributed by atoms with E-state index in [4.69, 9.17) is 17.3 Å². The molecule has 0 bridgehead atoms. The van der Waals surface area contributed by atoms with E-state index >= 15 is 0 Å². The molecule has 0 saturated heterocycles. The van der Waals surface area contributed by atoms with Crippen molar-refractivity contribution in [3.63, 3.8) is 0 Å². The molecule has 2 rings (SSSR count).